The number of carboxylic acid groups (broad SMARTS) is 1. The van der Waals surface area contributed by atoms with Crippen molar-refractivity contribution in [3.63, 3.8) is 0 Å². The molecule has 1 saturated carbocycles. The molecular formula is C20H20ClFN4O4. The van der Waals surface area contributed by atoms with Crippen LogP contribution in [0.15, 0.2) is 15.3 Å². The SMILES string of the molecule is Cc1nc2c(=O)n(C3CC3)c3c(Cl)c(N4CCC(CNC(=O)O)C4)c(F)cc3c2o1. The maximum atomic E-state index is 15.3. The third-order valence-electron chi connectivity index (χ3n) is 5.87. The van der Waals surface area contributed by atoms with Crippen LogP contribution in [0, 0.1) is 18.7 Å². The fourth-order valence-corrected chi connectivity index (χ4v) is 4.79. The van der Waals surface area contributed by atoms with Crippen molar-refractivity contribution in [1.29, 1.82) is 0 Å². The van der Waals surface area contributed by atoms with Gasteiger partial charge < -0.3 is 24.3 Å². The summed E-state index contributed by atoms with van der Waals surface area (Å²) in [7, 11) is 0. The summed E-state index contributed by atoms with van der Waals surface area (Å²) >= 11 is 6.75. The molecule has 1 atom stereocenters. The van der Waals surface area contributed by atoms with Gasteiger partial charge in [-0.05, 0) is 31.2 Å². The summed E-state index contributed by atoms with van der Waals surface area (Å²) in [5.41, 5.74) is 0.877. The largest absolute Gasteiger partial charge is 0.465 e. The van der Waals surface area contributed by atoms with E-state index in [0.29, 0.717) is 42.8 Å². The first kappa shape index (κ1) is 19.2. The zero-order valence-corrected chi connectivity index (χ0v) is 17.0. The Kier molecular flexibility index (Phi) is 4.39. The minimum absolute atomic E-state index is 0.0170. The molecule has 10 heteroatoms. The highest BCUT2D eigenvalue weighted by molar-refractivity contribution is 6.38. The lowest BCUT2D eigenvalue weighted by Gasteiger charge is -2.23. The van der Waals surface area contributed by atoms with Crippen LogP contribution in [0.5, 0.6) is 0 Å². The maximum Gasteiger partial charge on any atom is 0.404 e. The normalized spacial score (nSPS) is 19.2. The van der Waals surface area contributed by atoms with Gasteiger partial charge in [0.2, 0.25) is 0 Å². The number of aromatic nitrogens is 2. The zero-order chi connectivity index (χ0) is 21.2. The molecule has 158 valence electrons. The third kappa shape index (κ3) is 2.99. The molecule has 1 aromatic carbocycles. The Labute approximate surface area is 175 Å². The van der Waals surface area contributed by atoms with Gasteiger partial charge in [0, 0.05) is 38.0 Å². The number of carbonyl (C=O) groups is 1. The van der Waals surface area contributed by atoms with E-state index in [1.807, 2.05) is 4.90 Å². The molecule has 1 unspecified atom stereocenters. The molecule has 0 bridgehead atoms. The molecule has 8 nitrogen and oxygen atoms in total. The predicted molar refractivity (Wildman–Crippen MR) is 110 cm³/mol. The minimum Gasteiger partial charge on any atom is -0.465 e. The Bertz CT molecular complexity index is 1250. The average Bonchev–Trinajstić information content (AvgIpc) is 3.27. The van der Waals surface area contributed by atoms with Crippen molar-refractivity contribution in [3.8, 4) is 0 Å². The van der Waals surface area contributed by atoms with E-state index >= 15 is 4.39 Å². The highest BCUT2D eigenvalue weighted by Gasteiger charge is 2.33. The fraction of sp³-hybridized carbons (Fsp3) is 0.450. The molecule has 0 radical (unpaired) electrons. The number of aryl methyl sites for hydroxylation is 1. The van der Waals surface area contributed by atoms with Crippen LogP contribution in [0.1, 0.15) is 31.2 Å². The number of pyridine rings is 1. The molecule has 2 aliphatic rings. The Hall–Kier alpha value is -2.81. The maximum absolute atomic E-state index is 15.3. The number of nitrogens with one attached hydrogen (secondary N) is 1. The van der Waals surface area contributed by atoms with Crippen molar-refractivity contribution in [3.05, 3.63) is 33.2 Å². The number of rotatable bonds is 4. The first-order valence-corrected chi connectivity index (χ1v) is 10.3. The lowest BCUT2D eigenvalue weighted by Crippen LogP contribution is -2.30. The number of nitrogens with zero attached hydrogens (tertiary/aromatic N) is 3. The molecule has 2 fully saturated rings. The predicted octanol–water partition coefficient (Wildman–Crippen LogP) is 3.67. The van der Waals surface area contributed by atoms with E-state index in [2.05, 4.69) is 10.3 Å². The van der Waals surface area contributed by atoms with Crippen LogP contribution < -0.4 is 15.8 Å². The summed E-state index contributed by atoms with van der Waals surface area (Å²) in [5.74, 6) is -0.112. The molecule has 1 aliphatic heterocycles. The van der Waals surface area contributed by atoms with E-state index in [1.165, 1.54) is 6.07 Å². The van der Waals surface area contributed by atoms with Gasteiger partial charge in [-0.2, -0.15) is 0 Å². The smallest absolute Gasteiger partial charge is 0.404 e. The summed E-state index contributed by atoms with van der Waals surface area (Å²) in [4.78, 5) is 29.9. The molecule has 1 saturated heterocycles. The van der Waals surface area contributed by atoms with Gasteiger partial charge in [0.25, 0.3) is 5.56 Å². The zero-order valence-electron chi connectivity index (χ0n) is 16.2. The molecule has 2 N–H and O–H groups in total. The summed E-state index contributed by atoms with van der Waals surface area (Å²) < 4.78 is 22.5. The third-order valence-corrected chi connectivity index (χ3v) is 6.22. The van der Waals surface area contributed by atoms with E-state index in [0.717, 1.165) is 12.8 Å². The van der Waals surface area contributed by atoms with Crippen LogP contribution in [0.25, 0.3) is 22.0 Å². The van der Waals surface area contributed by atoms with Crippen LogP contribution in [0.3, 0.4) is 0 Å². The highest BCUT2D eigenvalue weighted by atomic mass is 35.5. The Morgan fingerprint density at radius 2 is 2.20 bits per heavy atom. The van der Waals surface area contributed by atoms with Gasteiger partial charge in [0.1, 0.15) is 5.82 Å². The monoisotopic (exact) mass is 434 g/mol. The Morgan fingerprint density at radius 1 is 1.43 bits per heavy atom. The second-order valence-electron chi connectivity index (χ2n) is 8.02. The lowest BCUT2D eigenvalue weighted by molar-refractivity contribution is 0.192. The van der Waals surface area contributed by atoms with E-state index in [1.54, 1.807) is 11.5 Å². The summed E-state index contributed by atoms with van der Waals surface area (Å²) in [6.45, 7) is 2.96. The van der Waals surface area contributed by atoms with Gasteiger partial charge in [-0.25, -0.2) is 14.2 Å². The number of fused-ring (bicyclic) bond motifs is 3. The molecule has 30 heavy (non-hydrogen) atoms. The molecule has 0 spiro atoms. The number of hydrogen-bond acceptors (Lipinski definition) is 5. The van der Waals surface area contributed by atoms with Crippen LogP contribution in [0.2, 0.25) is 5.02 Å². The second-order valence-corrected chi connectivity index (χ2v) is 8.40. The number of hydrogen-bond donors (Lipinski definition) is 2. The number of benzene rings is 1. The van der Waals surface area contributed by atoms with E-state index in [4.69, 9.17) is 21.1 Å². The van der Waals surface area contributed by atoms with Gasteiger partial charge >= 0.3 is 6.09 Å². The second kappa shape index (κ2) is 6.87. The van der Waals surface area contributed by atoms with Crippen molar-refractivity contribution in [1.82, 2.24) is 14.9 Å². The average molecular weight is 435 g/mol. The molecular weight excluding hydrogens is 415 g/mol. The van der Waals surface area contributed by atoms with Gasteiger partial charge in [-0.1, -0.05) is 11.6 Å². The quantitative estimate of drug-likeness (QED) is 0.649. The highest BCUT2D eigenvalue weighted by Crippen LogP contribution is 2.44. The topological polar surface area (TPSA) is 101 Å². The lowest BCUT2D eigenvalue weighted by atomic mass is 10.1. The van der Waals surface area contributed by atoms with Crippen LogP contribution in [-0.2, 0) is 0 Å². The van der Waals surface area contributed by atoms with Crippen molar-refractivity contribution >= 4 is 45.4 Å². The van der Waals surface area contributed by atoms with Gasteiger partial charge in [-0.3, -0.25) is 4.79 Å². The van der Waals surface area contributed by atoms with Gasteiger partial charge in [0.15, 0.2) is 17.0 Å². The first-order chi connectivity index (χ1) is 14.3. The van der Waals surface area contributed by atoms with Crippen molar-refractivity contribution < 1.29 is 18.7 Å². The standard InChI is InChI=1S/C20H20ClFN4O4/c1-9-24-15-18(30-9)12-6-13(22)17(25-5-4-10(8-25)7-23-20(28)29)14(21)16(12)26(19(15)27)11-2-3-11/h6,10-11,23H,2-5,7-8H2,1H3,(H,28,29). The van der Waals surface area contributed by atoms with Crippen molar-refractivity contribution in [2.24, 2.45) is 5.92 Å². The van der Waals surface area contributed by atoms with Crippen LogP contribution in [-0.4, -0.2) is 40.4 Å². The van der Waals surface area contributed by atoms with E-state index in [-0.39, 0.29) is 39.3 Å². The van der Waals surface area contributed by atoms with E-state index < -0.39 is 11.9 Å². The molecule has 1 amide bonds. The van der Waals surface area contributed by atoms with Gasteiger partial charge in [-0.15, -0.1) is 0 Å². The summed E-state index contributed by atoms with van der Waals surface area (Å²) in [5, 5.41) is 11.8. The number of oxazole rings is 1. The van der Waals surface area contributed by atoms with Crippen molar-refractivity contribution in [2.75, 3.05) is 24.5 Å². The number of anilines is 1. The Balaban J connectivity index is 1.66. The van der Waals surface area contributed by atoms with Crippen LogP contribution in [0.4, 0.5) is 14.9 Å². The van der Waals surface area contributed by atoms with Crippen LogP contribution >= 0.6 is 11.6 Å². The Morgan fingerprint density at radius 3 is 2.90 bits per heavy atom. The van der Waals surface area contributed by atoms with Gasteiger partial charge in [0.05, 0.1) is 16.2 Å². The molecule has 3 aromatic rings. The van der Waals surface area contributed by atoms with Crippen molar-refractivity contribution in [2.45, 2.75) is 32.2 Å². The number of amides is 1. The minimum atomic E-state index is -1.08. The number of halogens is 2. The molecule has 1 aliphatic carbocycles. The van der Waals surface area contributed by atoms with E-state index in [9.17, 15) is 9.59 Å². The summed E-state index contributed by atoms with van der Waals surface area (Å²) in [6, 6.07) is 1.38. The molecule has 2 aromatic heterocycles. The first-order valence-electron chi connectivity index (χ1n) is 9.90. The fourth-order valence-electron chi connectivity index (χ4n) is 4.38. The molecule has 5 rings (SSSR count). The summed E-state index contributed by atoms with van der Waals surface area (Å²) in [6.07, 6.45) is 1.34. The molecule has 3 heterocycles.